The normalized spacial score (nSPS) is 14.1. The monoisotopic (exact) mass is 384 g/mol. The molecule has 27 heavy (non-hydrogen) atoms. The predicted molar refractivity (Wildman–Crippen MR) is 105 cm³/mol. The van der Waals surface area contributed by atoms with E-state index in [0.717, 1.165) is 33.7 Å². The Balaban J connectivity index is 1.56. The summed E-state index contributed by atoms with van der Waals surface area (Å²) in [5.74, 6) is 1.53. The Labute approximate surface area is 163 Å². The van der Waals surface area contributed by atoms with Crippen LogP contribution in [0, 0.1) is 0 Å². The largest absolute Gasteiger partial charge is 0.454 e. The lowest BCUT2D eigenvalue weighted by Crippen LogP contribution is -2.30. The third kappa shape index (κ3) is 4.16. The molecule has 1 aliphatic rings. The van der Waals surface area contributed by atoms with Crippen molar-refractivity contribution in [2.45, 2.75) is 26.1 Å². The highest BCUT2D eigenvalue weighted by Crippen LogP contribution is 2.33. The van der Waals surface area contributed by atoms with Crippen molar-refractivity contribution >= 4 is 22.5 Å². The molecule has 0 bridgehead atoms. The molecule has 6 heteroatoms. The zero-order chi connectivity index (χ0) is 18.8. The van der Waals surface area contributed by atoms with Gasteiger partial charge in [0.15, 0.2) is 11.5 Å². The molecule has 3 aromatic rings. The summed E-state index contributed by atoms with van der Waals surface area (Å²) in [5.41, 5.74) is 2.81. The Hall–Kier alpha value is -2.34. The number of aromatic nitrogens is 1. The van der Waals surface area contributed by atoms with Gasteiger partial charge < -0.3 is 14.6 Å². The van der Waals surface area contributed by atoms with E-state index in [0.29, 0.717) is 24.7 Å². The van der Waals surface area contributed by atoms with Gasteiger partial charge in [0.05, 0.1) is 22.3 Å². The Bertz CT molecular complexity index is 961. The number of para-hydroxylation sites is 1. The van der Waals surface area contributed by atoms with Crippen molar-refractivity contribution in [3.05, 3.63) is 64.8 Å². The van der Waals surface area contributed by atoms with Gasteiger partial charge in [-0.1, -0.05) is 35.9 Å². The molecule has 0 unspecified atom stereocenters. The van der Waals surface area contributed by atoms with Crippen molar-refractivity contribution in [1.82, 2.24) is 9.88 Å². The molecule has 1 aliphatic heterocycles. The summed E-state index contributed by atoms with van der Waals surface area (Å²) in [6.45, 7) is 3.87. The number of rotatable bonds is 6. The first kappa shape index (κ1) is 18.0. The van der Waals surface area contributed by atoms with Gasteiger partial charge in [-0.15, -0.1) is 0 Å². The van der Waals surface area contributed by atoms with Gasteiger partial charge in [-0.2, -0.15) is 0 Å². The minimum atomic E-state index is -0.442. The van der Waals surface area contributed by atoms with Crippen molar-refractivity contribution in [2.24, 2.45) is 0 Å². The van der Waals surface area contributed by atoms with Crippen molar-refractivity contribution < 1.29 is 14.6 Å². The highest BCUT2D eigenvalue weighted by atomic mass is 35.5. The Kier molecular flexibility index (Phi) is 5.16. The first-order valence-electron chi connectivity index (χ1n) is 8.91. The van der Waals surface area contributed by atoms with E-state index in [2.05, 4.69) is 4.90 Å². The van der Waals surface area contributed by atoms with Gasteiger partial charge in [-0.05, 0) is 36.8 Å². The number of aliphatic hydroxyl groups is 1. The number of hydrogen-bond acceptors (Lipinski definition) is 5. The maximum absolute atomic E-state index is 9.92. The minimum Gasteiger partial charge on any atom is -0.454 e. The van der Waals surface area contributed by atoms with E-state index in [1.54, 1.807) is 6.92 Å². The van der Waals surface area contributed by atoms with Crippen LogP contribution in [0.2, 0.25) is 5.02 Å². The summed E-state index contributed by atoms with van der Waals surface area (Å²) in [7, 11) is 0. The summed E-state index contributed by atoms with van der Waals surface area (Å²) in [6.07, 6.45) is -0.442. The van der Waals surface area contributed by atoms with Crippen LogP contribution in [0.25, 0.3) is 10.9 Å². The lowest BCUT2D eigenvalue weighted by Gasteiger charge is -2.24. The van der Waals surface area contributed by atoms with Crippen LogP contribution < -0.4 is 9.47 Å². The quantitative estimate of drug-likeness (QED) is 0.696. The van der Waals surface area contributed by atoms with Crippen molar-refractivity contribution in [3.8, 4) is 11.5 Å². The Morgan fingerprint density at radius 2 is 1.96 bits per heavy atom. The van der Waals surface area contributed by atoms with E-state index in [1.165, 1.54) is 0 Å². The van der Waals surface area contributed by atoms with Gasteiger partial charge in [-0.25, -0.2) is 4.98 Å². The summed E-state index contributed by atoms with van der Waals surface area (Å²) in [6, 6.07) is 15.7. The molecule has 2 heterocycles. The van der Waals surface area contributed by atoms with Crippen LogP contribution in [0.3, 0.4) is 0 Å². The Morgan fingerprint density at radius 1 is 1.11 bits per heavy atom. The molecule has 4 rings (SSSR count). The molecule has 0 amide bonds. The topological polar surface area (TPSA) is 54.8 Å². The summed E-state index contributed by atoms with van der Waals surface area (Å²) in [5, 5.41) is 11.6. The predicted octanol–water partition coefficient (Wildman–Crippen LogP) is 4.00. The van der Waals surface area contributed by atoms with E-state index in [-0.39, 0.29) is 6.79 Å². The van der Waals surface area contributed by atoms with Crippen LogP contribution in [0.1, 0.15) is 18.2 Å². The third-order valence-electron chi connectivity index (χ3n) is 4.48. The van der Waals surface area contributed by atoms with E-state index < -0.39 is 6.10 Å². The molecule has 5 nitrogen and oxygen atoms in total. The number of benzene rings is 2. The van der Waals surface area contributed by atoms with Crippen molar-refractivity contribution in [3.63, 3.8) is 0 Å². The van der Waals surface area contributed by atoms with E-state index >= 15 is 0 Å². The Morgan fingerprint density at radius 3 is 2.81 bits per heavy atom. The van der Waals surface area contributed by atoms with E-state index in [9.17, 15) is 5.11 Å². The van der Waals surface area contributed by atoms with Gasteiger partial charge in [0.1, 0.15) is 0 Å². The van der Waals surface area contributed by atoms with Gasteiger partial charge in [0, 0.05) is 25.0 Å². The van der Waals surface area contributed by atoms with Crippen LogP contribution >= 0.6 is 11.6 Å². The SMILES string of the molecule is C[C@@H](O)CN(Cc1ccc2c(c1)OCO2)Cc1ccc2cccc(Cl)c2n1. The van der Waals surface area contributed by atoms with Crippen molar-refractivity contribution in [1.29, 1.82) is 0 Å². The molecular formula is C21H21ClN2O3. The molecule has 0 saturated carbocycles. The number of pyridine rings is 1. The number of hydrogen-bond donors (Lipinski definition) is 1. The second-order valence-corrected chi connectivity index (χ2v) is 7.23. The fourth-order valence-corrected chi connectivity index (χ4v) is 3.55. The van der Waals surface area contributed by atoms with Crippen LogP contribution in [0.15, 0.2) is 48.5 Å². The number of halogens is 1. The van der Waals surface area contributed by atoms with Crippen LogP contribution in [0.4, 0.5) is 0 Å². The molecule has 0 spiro atoms. The molecule has 0 fully saturated rings. The van der Waals surface area contributed by atoms with E-state index in [1.807, 2.05) is 48.5 Å². The number of nitrogens with zero attached hydrogens (tertiary/aromatic N) is 2. The number of aliphatic hydroxyl groups excluding tert-OH is 1. The third-order valence-corrected chi connectivity index (χ3v) is 4.78. The maximum atomic E-state index is 9.92. The molecule has 0 saturated heterocycles. The zero-order valence-electron chi connectivity index (χ0n) is 15.1. The molecule has 140 valence electrons. The van der Waals surface area contributed by atoms with Gasteiger partial charge in [0.2, 0.25) is 6.79 Å². The van der Waals surface area contributed by atoms with Gasteiger partial charge in [0.25, 0.3) is 0 Å². The molecule has 1 atom stereocenters. The van der Waals surface area contributed by atoms with Crippen molar-refractivity contribution in [2.75, 3.05) is 13.3 Å². The van der Waals surface area contributed by atoms with Gasteiger partial charge in [-0.3, -0.25) is 4.90 Å². The lowest BCUT2D eigenvalue weighted by atomic mass is 10.1. The highest BCUT2D eigenvalue weighted by molar-refractivity contribution is 6.35. The van der Waals surface area contributed by atoms with Crippen LogP contribution in [-0.2, 0) is 13.1 Å². The standard InChI is InChI=1S/C21H21ClN2O3/c1-14(25)10-24(11-15-5-8-19-20(9-15)27-13-26-19)12-17-7-6-16-3-2-4-18(22)21(16)23-17/h2-9,14,25H,10-13H2,1H3/t14-/m1/s1. The second kappa shape index (κ2) is 7.72. The second-order valence-electron chi connectivity index (χ2n) is 6.82. The average molecular weight is 385 g/mol. The molecule has 0 radical (unpaired) electrons. The molecule has 0 aliphatic carbocycles. The number of ether oxygens (including phenoxy) is 2. The van der Waals surface area contributed by atoms with Crippen LogP contribution in [0.5, 0.6) is 11.5 Å². The lowest BCUT2D eigenvalue weighted by molar-refractivity contribution is 0.117. The van der Waals surface area contributed by atoms with Gasteiger partial charge >= 0.3 is 0 Å². The fraction of sp³-hybridized carbons (Fsp3) is 0.286. The fourth-order valence-electron chi connectivity index (χ4n) is 3.32. The zero-order valence-corrected chi connectivity index (χ0v) is 15.8. The first-order valence-corrected chi connectivity index (χ1v) is 9.29. The molecular weight excluding hydrogens is 364 g/mol. The number of fused-ring (bicyclic) bond motifs is 2. The summed E-state index contributed by atoms with van der Waals surface area (Å²) in [4.78, 5) is 6.88. The molecule has 1 aromatic heterocycles. The minimum absolute atomic E-state index is 0.262. The first-order chi connectivity index (χ1) is 13.1. The smallest absolute Gasteiger partial charge is 0.231 e. The maximum Gasteiger partial charge on any atom is 0.231 e. The molecule has 1 N–H and O–H groups in total. The summed E-state index contributed by atoms with van der Waals surface area (Å²) >= 11 is 6.29. The average Bonchev–Trinajstić information content (AvgIpc) is 3.09. The van der Waals surface area contributed by atoms with E-state index in [4.69, 9.17) is 26.1 Å². The van der Waals surface area contributed by atoms with Crippen LogP contribution in [-0.4, -0.2) is 34.4 Å². The summed E-state index contributed by atoms with van der Waals surface area (Å²) < 4.78 is 10.8. The highest BCUT2D eigenvalue weighted by Gasteiger charge is 2.16. The molecule has 2 aromatic carbocycles.